The maximum atomic E-state index is 12.8. The van der Waals surface area contributed by atoms with Crippen LogP contribution >= 0.6 is 11.3 Å². The number of rotatable bonds is 7. The average Bonchev–Trinajstić information content (AvgIpc) is 3.28. The molecule has 1 aliphatic carbocycles. The molecule has 2 heterocycles. The number of thiophene rings is 1. The lowest BCUT2D eigenvalue weighted by Gasteiger charge is -2.23. The first-order chi connectivity index (χ1) is 12.0. The topological polar surface area (TPSA) is 50.2 Å². The van der Waals surface area contributed by atoms with Crippen LogP contribution in [0.3, 0.4) is 0 Å². The molecule has 1 saturated carbocycles. The summed E-state index contributed by atoms with van der Waals surface area (Å²) in [6, 6.07) is 2.56. The van der Waals surface area contributed by atoms with Gasteiger partial charge in [-0.15, -0.1) is 11.3 Å². The van der Waals surface area contributed by atoms with Crippen molar-refractivity contribution in [3.8, 4) is 0 Å². The Morgan fingerprint density at radius 1 is 1.40 bits per heavy atom. The SMILES string of the molecule is CCCn1nc(C)c(CNC(=O)N(Cc2sccc2C)C2CC2)c1C. The van der Waals surface area contributed by atoms with Crippen LogP contribution in [0.5, 0.6) is 0 Å². The lowest BCUT2D eigenvalue weighted by atomic mass is 10.2. The van der Waals surface area contributed by atoms with E-state index in [-0.39, 0.29) is 6.03 Å². The second-order valence-corrected chi connectivity index (χ2v) is 7.92. The number of carbonyl (C=O) groups is 1. The smallest absolute Gasteiger partial charge is 0.318 e. The van der Waals surface area contributed by atoms with Crippen LogP contribution < -0.4 is 5.32 Å². The number of aryl methyl sites for hydroxylation is 3. The maximum absolute atomic E-state index is 12.8. The number of hydrogen-bond acceptors (Lipinski definition) is 3. The molecular formula is C19H28N4OS. The van der Waals surface area contributed by atoms with Gasteiger partial charge < -0.3 is 10.2 Å². The summed E-state index contributed by atoms with van der Waals surface area (Å²) in [7, 11) is 0. The zero-order valence-electron chi connectivity index (χ0n) is 15.6. The minimum atomic E-state index is 0.0392. The summed E-state index contributed by atoms with van der Waals surface area (Å²) in [5.74, 6) is 0. The molecule has 2 aromatic rings. The van der Waals surface area contributed by atoms with Crippen LogP contribution in [0, 0.1) is 20.8 Å². The minimum absolute atomic E-state index is 0.0392. The summed E-state index contributed by atoms with van der Waals surface area (Å²) in [5, 5.41) is 9.82. The number of carbonyl (C=O) groups excluding carboxylic acids is 1. The zero-order chi connectivity index (χ0) is 18.0. The summed E-state index contributed by atoms with van der Waals surface area (Å²) < 4.78 is 2.05. The van der Waals surface area contributed by atoms with E-state index in [0.717, 1.165) is 42.8 Å². The van der Waals surface area contributed by atoms with E-state index in [4.69, 9.17) is 0 Å². The van der Waals surface area contributed by atoms with Gasteiger partial charge in [-0.05, 0) is 57.0 Å². The van der Waals surface area contributed by atoms with E-state index >= 15 is 0 Å². The quantitative estimate of drug-likeness (QED) is 0.806. The van der Waals surface area contributed by atoms with Crippen molar-refractivity contribution < 1.29 is 4.79 Å². The molecule has 3 rings (SSSR count). The molecule has 0 spiro atoms. The molecule has 1 fully saturated rings. The Kier molecular flexibility index (Phi) is 5.47. The Morgan fingerprint density at radius 3 is 2.76 bits per heavy atom. The van der Waals surface area contributed by atoms with Crippen molar-refractivity contribution in [2.45, 2.75) is 72.6 Å². The summed E-state index contributed by atoms with van der Waals surface area (Å²) in [5.41, 5.74) is 4.59. The molecule has 6 heteroatoms. The minimum Gasteiger partial charge on any atom is -0.334 e. The van der Waals surface area contributed by atoms with Gasteiger partial charge in [0, 0.05) is 35.3 Å². The Bertz CT molecular complexity index is 745. The van der Waals surface area contributed by atoms with E-state index in [9.17, 15) is 4.79 Å². The molecule has 0 radical (unpaired) electrons. The molecule has 2 aromatic heterocycles. The molecule has 0 saturated heterocycles. The van der Waals surface area contributed by atoms with Crippen LogP contribution in [0.4, 0.5) is 4.79 Å². The van der Waals surface area contributed by atoms with E-state index in [1.807, 2.05) is 16.5 Å². The number of nitrogens with one attached hydrogen (secondary N) is 1. The number of hydrogen-bond donors (Lipinski definition) is 1. The lowest BCUT2D eigenvalue weighted by molar-refractivity contribution is 0.192. The number of amides is 2. The molecular weight excluding hydrogens is 332 g/mol. The molecule has 1 N–H and O–H groups in total. The molecule has 2 amide bonds. The van der Waals surface area contributed by atoms with Gasteiger partial charge in [0.05, 0.1) is 12.2 Å². The van der Waals surface area contributed by atoms with E-state index in [1.54, 1.807) is 11.3 Å². The predicted octanol–water partition coefficient (Wildman–Crippen LogP) is 4.15. The fraction of sp³-hybridized carbons (Fsp3) is 0.579. The first kappa shape index (κ1) is 18.0. The highest BCUT2D eigenvalue weighted by Gasteiger charge is 2.33. The molecule has 5 nitrogen and oxygen atoms in total. The van der Waals surface area contributed by atoms with Gasteiger partial charge in [-0.3, -0.25) is 4.68 Å². The molecule has 1 aliphatic rings. The van der Waals surface area contributed by atoms with Gasteiger partial charge in [0.1, 0.15) is 0 Å². The van der Waals surface area contributed by atoms with Crippen molar-refractivity contribution >= 4 is 17.4 Å². The Labute approximate surface area is 154 Å². The largest absolute Gasteiger partial charge is 0.334 e. The molecule has 0 atom stereocenters. The first-order valence-electron chi connectivity index (χ1n) is 9.11. The third-order valence-corrected chi connectivity index (χ3v) is 5.92. The fourth-order valence-corrected chi connectivity index (χ4v) is 4.06. The molecule has 0 unspecified atom stereocenters. The van der Waals surface area contributed by atoms with Gasteiger partial charge in [-0.1, -0.05) is 6.92 Å². The van der Waals surface area contributed by atoms with Crippen molar-refractivity contribution in [1.82, 2.24) is 20.0 Å². The van der Waals surface area contributed by atoms with Crippen molar-refractivity contribution in [2.75, 3.05) is 0 Å². The van der Waals surface area contributed by atoms with Gasteiger partial charge in [0.25, 0.3) is 0 Å². The number of urea groups is 1. The normalized spacial score (nSPS) is 13.9. The van der Waals surface area contributed by atoms with Crippen LogP contribution in [0.25, 0.3) is 0 Å². The highest BCUT2D eigenvalue weighted by atomic mass is 32.1. The molecule has 25 heavy (non-hydrogen) atoms. The van der Waals surface area contributed by atoms with Gasteiger partial charge in [0.15, 0.2) is 0 Å². The summed E-state index contributed by atoms with van der Waals surface area (Å²) in [6.45, 7) is 10.6. The van der Waals surface area contributed by atoms with E-state index < -0.39 is 0 Å². The number of aromatic nitrogens is 2. The summed E-state index contributed by atoms with van der Waals surface area (Å²) >= 11 is 1.73. The maximum Gasteiger partial charge on any atom is 0.318 e. The lowest BCUT2D eigenvalue weighted by Crippen LogP contribution is -2.40. The number of nitrogens with zero attached hydrogens (tertiary/aromatic N) is 3. The highest BCUT2D eigenvalue weighted by molar-refractivity contribution is 7.10. The highest BCUT2D eigenvalue weighted by Crippen LogP contribution is 2.30. The van der Waals surface area contributed by atoms with Crippen LogP contribution in [0.1, 0.15) is 53.6 Å². The van der Waals surface area contributed by atoms with Crippen LogP contribution in [0.15, 0.2) is 11.4 Å². The van der Waals surface area contributed by atoms with Gasteiger partial charge in [0.2, 0.25) is 0 Å². The monoisotopic (exact) mass is 360 g/mol. The van der Waals surface area contributed by atoms with Gasteiger partial charge in [-0.25, -0.2) is 4.79 Å². The third kappa shape index (κ3) is 4.06. The van der Waals surface area contributed by atoms with Crippen LogP contribution in [-0.2, 0) is 19.6 Å². The van der Waals surface area contributed by atoms with Crippen molar-refractivity contribution in [1.29, 1.82) is 0 Å². The Morgan fingerprint density at radius 2 is 2.16 bits per heavy atom. The van der Waals surface area contributed by atoms with E-state index in [1.165, 1.54) is 10.4 Å². The van der Waals surface area contributed by atoms with E-state index in [2.05, 4.69) is 42.6 Å². The summed E-state index contributed by atoms with van der Waals surface area (Å²) in [6.07, 6.45) is 3.29. The van der Waals surface area contributed by atoms with Crippen LogP contribution in [0.2, 0.25) is 0 Å². The third-order valence-electron chi connectivity index (χ3n) is 4.91. The van der Waals surface area contributed by atoms with Crippen molar-refractivity contribution in [3.05, 3.63) is 38.8 Å². The first-order valence-corrected chi connectivity index (χ1v) is 9.99. The second-order valence-electron chi connectivity index (χ2n) is 6.92. The molecule has 0 aromatic carbocycles. The Balaban J connectivity index is 1.65. The van der Waals surface area contributed by atoms with Crippen LogP contribution in [-0.4, -0.2) is 26.8 Å². The summed E-state index contributed by atoms with van der Waals surface area (Å²) in [4.78, 5) is 16.1. The zero-order valence-corrected chi connectivity index (χ0v) is 16.4. The standard InChI is InChI=1S/C19H28N4OS/c1-5-9-23-15(4)17(14(3)21-23)11-20-19(24)22(16-6-7-16)12-18-13(2)8-10-25-18/h8,10,16H,5-7,9,11-12H2,1-4H3,(H,20,24). The second kappa shape index (κ2) is 7.60. The average molecular weight is 361 g/mol. The molecule has 0 bridgehead atoms. The molecule has 136 valence electrons. The molecule has 0 aliphatic heterocycles. The van der Waals surface area contributed by atoms with E-state index in [0.29, 0.717) is 19.1 Å². The van der Waals surface area contributed by atoms with Crippen molar-refractivity contribution in [2.24, 2.45) is 0 Å². The predicted molar refractivity (Wildman–Crippen MR) is 102 cm³/mol. The fourth-order valence-electron chi connectivity index (χ4n) is 3.16. The van der Waals surface area contributed by atoms with Crippen molar-refractivity contribution in [3.63, 3.8) is 0 Å². The van der Waals surface area contributed by atoms with Gasteiger partial charge >= 0.3 is 6.03 Å². The van der Waals surface area contributed by atoms with Gasteiger partial charge in [-0.2, -0.15) is 5.10 Å². The Hall–Kier alpha value is -1.82.